The number of nitrogens with one attached hydrogen (secondary N) is 1. The first-order valence-electron chi connectivity index (χ1n) is 8.62. The van der Waals surface area contributed by atoms with Gasteiger partial charge in [-0.15, -0.1) is 0 Å². The van der Waals surface area contributed by atoms with Crippen LogP contribution < -0.4 is 15.0 Å². The summed E-state index contributed by atoms with van der Waals surface area (Å²) in [4.78, 5) is 29.2. The number of nitro benzene ring substituents is 1. The number of amides is 1. The third kappa shape index (κ3) is 3.22. The van der Waals surface area contributed by atoms with Crippen LogP contribution in [0.5, 0.6) is 5.75 Å². The molecule has 4 rings (SSSR count). The summed E-state index contributed by atoms with van der Waals surface area (Å²) < 4.78 is 19.6. The summed E-state index contributed by atoms with van der Waals surface area (Å²) in [6.07, 6.45) is 0.668. The lowest BCUT2D eigenvalue weighted by atomic mass is 10.2. The molecule has 1 amide bonds. The standard InChI is InChI=1S/C20H15FN4O4/c1-29-14-5-2-4-12(10-14)24-19(18-15(20(24)26)6-3-9-22-18)23-17-11-13(25(27)28)7-8-16(17)21/h2-11,19,23H,1H3. The van der Waals surface area contributed by atoms with Gasteiger partial charge in [-0.3, -0.25) is 24.8 Å². The lowest BCUT2D eigenvalue weighted by Gasteiger charge is -2.27. The number of methoxy groups -OCH3 is 1. The van der Waals surface area contributed by atoms with E-state index in [-0.39, 0.29) is 17.3 Å². The van der Waals surface area contributed by atoms with Gasteiger partial charge in [-0.25, -0.2) is 4.39 Å². The highest BCUT2D eigenvalue weighted by molar-refractivity contribution is 6.11. The number of nitro groups is 1. The molecule has 1 aromatic heterocycles. The number of fused-ring (bicyclic) bond motifs is 1. The van der Waals surface area contributed by atoms with Crippen molar-refractivity contribution in [3.8, 4) is 5.75 Å². The Morgan fingerprint density at radius 2 is 2.03 bits per heavy atom. The molecule has 29 heavy (non-hydrogen) atoms. The van der Waals surface area contributed by atoms with Crippen LogP contribution in [0.2, 0.25) is 0 Å². The Morgan fingerprint density at radius 3 is 2.79 bits per heavy atom. The Kier molecular flexibility index (Phi) is 4.55. The molecule has 1 aliphatic rings. The number of halogens is 1. The summed E-state index contributed by atoms with van der Waals surface area (Å²) in [6.45, 7) is 0. The second-order valence-corrected chi connectivity index (χ2v) is 6.28. The van der Waals surface area contributed by atoms with Gasteiger partial charge < -0.3 is 10.1 Å². The van der Waals surface area contributed by atoms with E-state index in [0.717, 1.165) is 18.2 Å². The van der Waals surface area contributed by atoms with E-state index in [0.29, 0.717) is 22.7 Å². The molecule has 2 heterocycles. The Hall–Kier alpha value is -4.01. The number of hydrogen-bond acceptors (Lipinski definition) is 6. The molecule has 0 saturated heterocycles. The first-order valence-corrected chi connectivity index (χ1v) is 8.62. The van der Waals surface area contributed by atoms with Crippen molar-refractivity contribution in [2.75, 3.05) is 17.3 Å². The topological polar surface area (TPSA) is 97.6 Å². The predicted molar refractivity (Wildman–Crippen MR) is 103 cm³/mol. The van der Waals surface area contributed by atoms with Gasteiger partial charge in [0.15, 0.2) is 6.17 Å². The highest BCUT2D eigenvalue weighted by Crippen LogP contribution is 2.38. The van der Waals surface area contributed by atoms with E-state index in [2.05, 4.69) is 10.3 Å². The van der Waals surface area contributed by atoms with E-state index in [1.165, 1.54) is 18.2 Å². The Bertz CT molecular complexity index is 1120. The normalized spacial score (nSPS) is 15.2. The third-order valence-corrected chi connectivity index (χ3v) is 4.59. The minimum atomic E-state index is -0.859. The number of carbonyl (C=O) groups excluding carboxylic acids is 1. The van der Waals surface area contributed by atoms with Crippen molar-refractivity contribution >= 4 is 23.0 Å². The molecule has 0 bridgehead atoms. The van der Waals surface area contributed by atoms with Crippen LogP contribution in [-0.4, -0.2) is 22.9 Å². The summed E-state index contributed by atoms with van der Waals surface area (Å²) in [5.41, 5.74) is 0.886. The molecule has 0 spiro atoms. The maximum atomic E-state index is 14.4. The summed E-state index contributed by atoms with van der Waals surface area (Å²) in [7, 11) is 1.51. The Morgan fingerprint density at radius 1 is 1.21 bits per heavy atom. The molecule has 1 unspecified atom stereocenters. The van der Waals surface area contributed by atoms with Crippen molar-refractivity contribution in [2.45, 2.75) is 6.17 Å². The third-order valence-electron chi connectivity index (χ3n) is 4.59. The van der Waals surface area contributed by atoms with E-state index in [9.17, 15) is 19.3 Å². The first-order chi connectivity index (χ1) is 14.0. The minimum Gasteiger partial charge on any atom is -0.497 e. The van der Waals surface area contributed by atoms with Crippen molar-refractivity contribution in [3.05, 3.63) is 88.0 Å². The van der Waals surface area contributed by atoms with Crippen LogP contribution >= 0.6 is 0 Å². The number of anilines is 2. The van der Waals surface area contributed by atoms with Gasteiger partial charge in [0.1, 0.15) is 11.6 Å². The van der Waals surface area contributed by atoms with Crippen LogP contribution in [0.3, 0.4) is 0 Å². The van der Waals surface area contributed by atoms with Crippen LogP contribution in [0, 0.1) is 15.9 Å². The lowest BCUT2D eigenvalue weighted by molar-refractivity contribution is -0.384. The van der Waals surface area contributed by atoms with Crippen LogP contribution in [0.1, 0.15) is 22.2 Å². The number of hydrogen-bond donors (Lipinski definition) is 1. The molecule has 9 heteroatoms. The molecular formula is C20H15FN4O4. The van der Waals surface area contributed by atoms with Gasteiger partial charge in [-0.2, -0.15) is 0 Å². The second-order valence-electron chi connectivity index (χ2n) is 6.28. The Balaban J connectivity index is 1.81. The van der Waals surface area contributed by atoms with Crippen LogP contribution in [-0.2, 0) is 0 Å². The van der Waals surface area contributed by atoms with Gasteiger partial charge in [-0.1, -0.05) is 6.07 Å². The van der Waals surface area contributed by atoms with Crippen LogP contribution in [0.15, 0.2) is 60.8 Å². The number of carbonyl (C=O) groups is 1. The van der Waals surface area contributed by atoms with Crippen molar-refractivity contribution in [1.82, 2.24) is 4.98 Å². The van der Waals surface area contributed by atoms with E-state index >= 15 is 0 Å². The summed E-state index contributed by atoms with van der Waals surface area (Å²) >= 11 is 0. The van der Waals surface area contributed by atoms with Crippen molar-refractivity contribution in [1.29, 1.82) is 0 Å². The molecule has 1 aliphatic heterocycles. The van der Waals surface area contributed by atoms with Gasteiger partial charge in [0.25, 0.3) is 11.6 Å². The van der Waals surface area contributed by atoms with E-state index < -0.39 is 16.9 Å². The highest BCUT2D eigenvalue weighted by atomic mass is 19.1. The molecule has 1 N–H and O–H groups in total. The summed E-state index contributed by atoms with van der Waals surface area (Å²) in [5, 5.41) is 14.0. The zero-order valence-corrected chi connectivity index (χ0v) is 15.2. The van der Waals surface area contributed by atoms with E-state index in [1.807, 2.05) is 0 Å². The molecule has 0 fully saturated rings. The molecule has 1 atom stereocenters. The van der Waals surface area contributed by atoms with Crippen LogP contribution in [0.25, 0.3) is 0 Å². The fourth-order valence-corrected chi connectivity index (χ4v) is 3.23. The van der Waals surface area contributed by atoms with E-state index in [1.54, 1.807) is 36.4 Å². The first kappa shape index (κ1) is 18.4. The largest absolute Gasteiger partial charge is 0.497 e. The lowest BCUT2D eigenvalue weighted by Crippen LogP contribution is -2.32. The monoisotopic (exact) mass is 394 g/mol. The molecule has 0 aliphatic carbocycles. The van der Waals surface area contributed by atoms with Gasteiger partial charge in [0.2, 0.25) is 0 Å². The molecular weight excluding hydrogens is 379 g/mol. The smallest absolute Gasteiger partial charge is 0.271 e. The number of nitrogens with zero attached hydrogens (tertiary/aromatic N) is 3. The number of rotatable bonds is 5. The average Bonchev–Trinajstić information content (AvgIpc) is 3.01. The minimum absolute atomic E-state index is 0.108. The fraction of sp³-hybridized carbons (Fsp3) is 0.100. The fourth-order valence-electron chi connectivity index (χ4n) is 3.23. The van der Waals surface area contributed by atoms with E-state index in [4.69, 9.17) is 4.74 Å². The zero-order valence-electron chi connectivity index (χ0n) is 15.2. The average molecular weight is 394 g/mol. The van der Waals surface area contributed by atoms with Gasteiger partial charge in [-0.05, 0) is 30.3 Å². The molecule has 3 aromatic rings. The van der Waals surface area contributed by atoms with Crippen molar-refractivity contribution in [2.24, 2.45) is 0 Å². The SMILES string of the molecule is COc1cccc(N2C(=O)c3cccnc3C2Nc2cc([N+](=O)[O-])ccc2F)c1. The number of non-ortho nitro benzene ring substituents is 1. The van der Waals surface area contributed by atoms with Crippen molar-refractivity contribution < 1.29 is 18.8 Å². The molecule has 8 nitrogen and oxygen atoms in total. The van der Waals surface area contributed by atoms with Gasteiger partial charge >= 0.3 is 0 Å². The molecule has 0 radical (unpaired) electrons. The highest BCUT2D eigenvalue weighted by Gasteiger charge is 2.39. The number of pyridine rings is 1. The van der Waals surface area contributed by atoms with Gasteiger partial charge in [0, 0.05) is 24.4 Å². The Labute approximate surface area is 164 Å². The van der Waals surface area contributed by atoms with Gasteiger partial charge in [0.05, 0.1) is 34.7 Å². The maximum Gasteiger partial charge on any atom is 0.271 e. The number of ether oxygens (including phenoxy) is 1. The molecule has 146 valence electrons. The quantitative estimate of drug-likeness (QED) is 0.521. The zero-order chi connectivity index (χ0) is 20.5. The summed E-state index contributed by atoms with van der Waals surface area (Å²) in [6, 6.07) is 13.3. The summed E-state index contributed by atoms with van der Waals surface area (Å²) in [5.74, 6) is -0.470. The van der Waals surface area contributed by atoms with Crippen LogP contribution in [0.4, 0.5) is 21.5 Å². The predicted octanol–water partition coefficient (Wildman–Crippen LogP) is 3.91. The number of benzene rings is 2. The molecule has 2 aromatic carbocycles. The maximum absolute atomic E-state index is 14.4. The number of aromatic nitrogens is 1. The molecule has 0 saturated carbocycles. The second kappa shape index (κ2) is 7.19. The van der Waals surface area contributed by atoms with Crippen molar-refractivity contribution in [3.63, 3.8) is 0 Å².